The third-order valence-electron chi connectivity index (χ3n) is 3.37. The Bertz CT molecular complexity index is 480. The van der Waals surface area contributed by atoms with Crippen molar-refractivity contribution < 1.29 is 4.79 Å². The van der Waals surface area contributed by atoms with Crippen LogP contribution < -0.4 is 5.32 Å². The molecule has 2 aromatic rings. The first kappa shape index (κ1) is 14.3. The van der Waals surface area contributed by atoms with E-state index in [1.54, 1.807) is 0 Å². The van der Waals surface area contributed by atoms with Gasteiger partial charge in [-0.3, -0.25) is 4.79 Å². The molecule has 1 N–H and O–H groups in total. The average Bonchev–Trinajstić information content (AvgIpc) is 2.49. The van der Waals surface area contributed by atoms with Gasteiger partial charge in [0.15, 0.2) is 0 Å². The molecule has 0 fully saturated rings. The lowest BCUT2D eigenvalue weighted by Crippen LogP contribution is -2.33. The van der Waals surface area contributed by atoms with Crippen molar-refractivity contribution in [3.8, 4) is 0 Å². The van der Waals surface area contributed by atoms with Crippen molar-refractivity contribution >= 4 is 5.91 Å². The van der Waals surface area contributed by atoms with E-state index < -0.39 is 0 Å². The summed E-state index contributed by atoms with van der Waals surface area (Å²) in [4.78, 5) is 12.2. The fourth-order valence-electron chi connectivity index (χ4n) is 2.37. The van der Waals surface area contributed by atoms with Crippen LogP contribution in [0.5, 0.6) is 0 Å². The van der Waals surface area contributed by atoms with Crippen LogP contribution in [0.15, 0.2) is 60.7 Å². The van der Waals surface area contributed by atoms with Gasteiger partial charge in [0.2, 0.25) is 5.91 Å². The number of carbonyl (C=O) groups excluding carboxylic acids is 1. The molecule has 0 saturated carbocycles. The quantitative estimate of drug-likeness (QED) is 0.855. The van der Waals surface area contributed by atoms with Crippen LogP contribution in [0.1, 0.15) is 18.1 Å². The lowest BCUT2D eigenvalue weighted by molar-refractivity contribution is -0.124. The summed E-state index contributed by atoms with van der Waals surface area (Å²) in [6, 6.07) is 20.4. The third-order valence-corrected chi connectivity index (χ3v) is 3.37. The fourth-order valence-corrected chi connectivity index (χ4v) is 2.37. The van der Waals surface area contributed by atoms with E-state index in [1.807, 2.05) is 43.3 Å². The van der Waals surface area contributed by atoms with E-state index >= 15 is 0 Å². The highest BCUT2D eigenvalue weighted by atomic mass is 16.1. The van der Waals surface area contributed by atoms with Crippen molar-refractivity contribution in [2.45, 2.75) is 19.8 Å². The Morgan fingerprint density at radius 3 is 1.75 bits per heavy atom. The van der Waals surface area contributed by atoms with E-state index in [0.29, 0.717) is 6.54 Å². The van der Waals surface area contributed by atoms with E-state index in [0.717, 1.165) is 12.8 Å². The largest absolute Gasteiger partial charge is 0.356 e. The molecule has 2 nitrogen and oxygen atoms in total. The van der Waals surface area contributed by atoms with Crippen LogP contribution in [-0.4, -0.2) is 12.5 Å². The zero-order valence-electron chi connectivity index (χ0n) is 11.9. The van der Waals surface area contributed by atoms with E-state index in [9.17, 15) is 4.79 Å². The normalized spacial score (nSPS) is 10.5. The van der Waals surface area contributed by atoms with Crippen LogP contribution in [0.25, 0.3) is 0 Å². The van der Waals surface area contributed by atoms with Gasteiger partial charge in [-0.15, -0.1) is 0 Å². The lowest BCUT2D eigenvalue weighted by atomic mass is 9.92. The molecular formula is C18H21NO. The third kappa shape index (κ3) is 4.23. The average molecular weight is 267 g/mol. The highest BCUT2D eigenvalue weighted by Crippen LogP contribution is 2.15. The van der Waals surface area contributed by atoms with Gasteiger partial charge in [-0.25, -0.2) is 0 Å². The SMILES string of the molecule is CCNC(=O)C(Cc1ccccc1)Cc1ccccc1. The van der Waals surface area contributed by atoms with Gasteiger partial charge in [0.1, 0.15) is 0 Å². The van der Waals surface area contributed by atoms with E-state index in [1.165, 1.54) is 11.1 Å². The van der Waals surface area contributed by atoms with Crippen LogP contribution in [0.2, 0.25) is 0 Å². The standard InChI is InChI=1S/C18H21NO/c1-2-19-18(20)17(13-15-9-5-3-6-10-15)14-16-11-7-4-8-12-16/h3-12,17H,2,13-14H2,1H3,(H,19,20). The molecule has 0 aliphatic carbocycles. The molecule has 0 bridgehead atoms. The molecule has 2 rings (SSSR count). The molecule has 2 heteroatoms. The van der Waals surface area contributed by atoms with Gasteiger partial charge in [-0.05, 0) is 30.9 Å². The van der Waals surface area contributed by atoms with E-state index in [4.69, 9.17) is 0 Å². The van der Waals surface area contributed by atoms with Crippen LogP contribution in [0, 0.1) is 5.92 Å². The zero-order chi connectivity index (χ0) is 14.2. The number of carbonyl (C=O) groups is 1. The summed E-state index contributed by atoms with van der Waals surface area (Å²) < 4.78 is 0. The van der Waals surface area contributed by atoms with Crippen LogP contribution >= 0.6 is 0 Å². The monoisotopic (exact) mass is 267 g/mol. The predicted molar refractivity (Wildman–Crippen MR) is 82.5 cm³/mol. The Labute approximate surface area is 120 Å². The Morgan fingerprint density at radius 2 is 1.35 bits per heavy atom. The number of hydrogen-bond donors (Lipinski definition) is 1. The summed E-state index contributed by atoms with van der Waals surface area (Å²) in [5, 5.41) is 2.95. The van der Waals surface area contributed by atoms with Crippen molar-refractivity contribution in [1.29, 1.82) is 0 Å². The second-order valence-electron chi connectivity index (χ2n) is 4.97. The van der Waals surface area contributed by atoms with Gasteiger partial charge in [0.05, 0.1) is 0 Å². The molecule has 0 radical (unpaired) electrons. The minimum Gasteiger partial charge on any atom is -0.356 e. The Morgan fingerprint density at radius 1 is 0.900 bits per heavy atom. The van der Waals surface area contributed by atoms with Crippen LogP contribution in [0.3, 0.4) is 0 Å². The molecule has 0 aliphatic rings. The number of nitrogens with one attached hydrogen (secondary N) is 1. The smallest absolute Gasteiger partial charge is 0.223 e. The molecule has 0 saturated heterocycles. The number of hydrogen-bond acceptors (Lipinski definition) is 1. The number of benzene rings is 2. The van der Waals surface area contributed by atoms with Gasteiger partial charge in [-0.1, -0.05) is 60.7 Å². The van der Waals surface area contributed by atoms with E-state index in [2.05, 4.69) is 29.6 Å². The van der Waals surface area contributed by atoms with Crippen LogP contribution in [-0.2, 0) is 17.6 Å². The molecule has 2 aromatic carbocycles. The maximum absolute atomic E-state index is 12.2. The van der Waals surface area contributed by atoms with Crippen molar-refractivity contribution in [1.82, 2.24) is 5.32 Å². The summed E-state index contributed by atoms with van der Waals surface area (Å²) in [7, 11) is 0. The topological polar surface area (TPSA) is 29.1 Å². The molecule has 20 heavy (non-hydrogen) atoms. The van der Waals surface area contributed by atoms with Gasteiger partial charge in [0, 0.05) is 12.5 Å². The van der Waals surface area contributed by atoms with Crippen LogP contribution in [0.4, 0.5) is 0 Å². The molecule has 0 heterocycles. The summed E-state index contributed by atoms with van der Waals surface area (Å²) in [6.07, 6.45) is 1.56. The number of rotatable bonds is 6. The zero-order valence-corrected chi connectivity index (χ0v) is 11.9. The summed E-state index contributed by atoms with van der Waals surface area (Å²) in [5.74, 6) is 0.125. The first-order valence-electron chi connectivity index (χ1n) is 7.15. The minimum atomic E-state index is -0.0141. The van der Waals surface area contributed by atoms with Crippen molar-refractivity contribution in [2.75, 3.05) is 6.54 Å². The fraction of sp³-hybridized carbons (Fsp3) is 0.278. The molecule has 0 spiro atoms. The van der Waals surface area contributed by atoms with Gasteiger partial charge in [-0.2, -0.15) is 0 Å². The molecule has 0 aromatic heterocycles. The lowest BCUT2D eigenvalue weighted by Gasteiger charge is -2.16. The van der Waals surface area contributed by atoms with Gasteiger partial charge < -0.3 is 5.32 Å². The van der Waals surface area contributed by atoms with Gasteiger partial charge in [0.25, 0.3) is 0 Å². The predicted octanol–water partition coefficient (Wildman–Crippen LogP) is 3.22. The minimum absolute atomic E-state index is 0.0141. The highest BCUT2D eigenvalue weighted by Gasteiger charge is 2.18. The molecule has 0 unspecified atom stereocenters. The first-order valence-corrected chi connectivity index (χ1v) is 7.15. The molecule has 0 aliphatic heterocycles. The molecular weight excluding hydrogens is 246 g/mol. The Balaban J connectivity index is 2.10. The number of amides is 1. The Kier molecular flexibility index (Phi) is 5.36. The second kappa shape index (κ2) is 7.49. The van der Waals surface area contributed by atoms with Crippen molar-refractivity contribution in [3.05, 3.63) is 71.8 Å². The molecule has 1 amide bonds. The molecule has 0 atom stereocenters. The maximum Gasteiger partial charge on any atom is 0.223 e. The Hall–Kier alpha value is -2.09. The first-order chi connectivity index (χ1) is 9.79. The highest BCUT2D eigenvalue weighted by molar-refractivity contribution is 5.79. The maximum atomic E-state index is 12.2. The molecule has 104 valence electrons. The van der Waals surface area contributed by atoms with Crippen molar-refractivity contribution in [3.63, 3.8) is 0 Å². The summed E-state index contributed by atoms with van der Waals surface area (Å²) >= 11 is 0. The van der Waals surface area contributed by atoms with Gasteiger partial charge >= 0.3 is 0 Å². The summed E-state index contributed by atoms with van der Waals surface area (Å²) in [5.41, 5.74) is 2.42. The van der Waals surface area contributed by atoms with E-state index in [-0.39, 0.29) is 11.8 Å². The summed E-state index contributed by atoms with van der Waals surface area (Å²) in [6.45, 7) is 2.64. The van der Waals surface area contributed by atoms with Crippen molar-refractivity contribution in [2.24, 2.45) is 5.92 Å². The second-order valence-corrected chi connectivity index (χ2v) is 4.97.